The minimum Gasteiger partial charge on any atom is -1.00 e. The van der Waals surface area contributed by atoms with Gasteiger partial charge in [0.25, 0.3) is 0 Å². The molecule has 8 aromatic rings. The van der Waals surface area contributed by atoms with E-state index in [1.807, 2.05) is 0 Å². The van der Waals surface area contributed by atoms with Crippen molar-refractivity contribution in [3.8, 4) is 0 Å². The van der Waals surface area contributed by atoms with Crippen LogP contribution in [0.2, 0.25) is 0 Å². The van der Waals surface area contributed by atoms with Crippen LogP contribution in [0.4, 0.5) is 0 Å². The fourth-order valence-corrected chi connectivity index (χ4v) is 1790. The molecule has 0 spiro atoms. The van der Waals surface area contributed by atoms with E-state index in [0.29, 0.717) is 0 Å². The molecule has 328 valence electrons. The Morgan fingerprint density at radius 2 is 0.281 bits per heavy atom. The fraction of sp³-hybridized carbons (Fsp3) is 0. The molecule has 0 aliphatic carbocycles. The predicted molar refractivity (Wildman–Crippen MR) is 341 cm³/mol. The first-order valence-electron chi connectivity index (χ1n) is 19.3. The Balaban J connectivity index is 0.000000189. The summed E-state index contributed by atoms with van der Waals surface area (Å²) in [5.74, 6) is 0. The summed E-state index contributed by atoms with van der Waals surface area (Å²) in [5, 5.41) is 11.1. The Morgan fingerprint density at radius 3 is 0.375 bits per heavy atom. The van der Waals surface area contributed by atoms with Gasteiger partial charge in [-0.3, -0.25) is 0 Å². The summed E-state index contributed by atoms with van der Waals surface area (Å²) in [7, 11) is -4.55. The van der Waals surface area contributed by atoms with Crippen molar-refractivity contribution in [2.75, 3.05) is 0 Å². The van der Waals surface area contributed by atoms with E-state index in [4.69, 9.17) is 0 Å². The molecule has 0 saturated carbocycles. The molecule has 0 unspecified atom stereocenters. The summed E-state index contributed by atoms with van der Waals surface area (Å²) in [4.78, 5) is 0. The smallest absolute Gasteiger partial charge is 0.144 e. The van der Waals surface area contributed by atoms with E-state index in [-0.39, 0.29) is 91.0 Å². The third-order valence-electron chi connectivity index (χ3n) is 9.97. The first kappa shape index (κ1) is 58.7. The molecule has 0 amide bonds. The van der Waals surface area contributed by atoms with Gasteiger partial charge >= 0.3 is 164 Å². The van der Waals surface area contributed by atoms with Gasteiger partial charge in [0.15, 0.2) is 0 Å². The second-order valence-electron chi connectivity index (χ2n) is 13.5. The van der Waals surface area contributed by atoms with Gasteiger partial charge in [0, 0.05) is 0 Å². The molecule has 1 fully saturated rings. The van der Waals surface area contributed by atoms with E-state index in [1.165, 1.54) is 42.4 Å². The summed E-state index contributed by atoms with van der Waals surface area (Å²) in [5.41, 5.74) is 0. The van der Waals surface area contributed by atoms with Gasteiger partial charge in [0.1, 0.15) is 57.0 Å². The molecule has 0 atom stereocenters. The maximum absolute atomic E-state index is 2.99. The van der Waals surface area contributed by atoms with Gasteiger partial charge < -0.3 is 48.0 Å². The third kappa shape index (κ3) is 14.1. The van der Waals surface area contributed by atoms with Gasteiger partial charge in [-0.15, -0.1) is 0 Å². The largest absolute Gasteiger partial charge is 1.00 e. The van der Waals surface area contributed by atoms with Gasteiger partial charge in [-0.05, 0) is 97.1 Å². The monoisotopic (exact) mass is 2140 g/mol. The van der Waals surface area contributed by atoms with Crippen LogP contribution in [0.1, 0.15) is 0 Å². The van der Waals surface area contributed by atoms with Crippen LogP contribution >= 0.6 is 135 Å². The molecular weight excluding hydrogens is 2100 g/mol. The zero-order chi connectivity index (χ0) is 43.4. The van der Waals surface area contributed by atoms with Gasteiger partial charge in [0.05, 0.1) is 0 Å². The van der Waals surface area contributed by atoms with Crippen LogP contribution in [0.15, 0.2) is 243 Å². The second kappa shape index (κ2) is 30.2. The van der Waals surface area contributed by atoms with Crippen LogP contribution in [0, 0.1) is 0 Å². The molecule has 1 heterocycles. The summed E-state index contributed by atoms with van der Waals surface area (Å²) >= 11 is 18.0. The average molecular weight is 2140 g/mol. The molecule has 16 heteroatoms. The van der Waals surface area contributed by atoms with Gasteiger partial charge in [-0.25, -0.2) is 0 Å². The second-order valence-corrected chi connectivity index (χ2v) is 258. The van der Waals surface area contributed by atoms with Crippen molar-refractivity contribution < 1.29 is 48.0 Å². The summed E-state index contributed by atoms with van der Waals surface area (Å²) in [6, 6.07) is 87.7. The first-order chi connectivity index (χ1) is 30.3. The molecule has 64 heavy (non-hydrogen) atoms. The van der Waals surface area contributed by atoms with Crippen molar-refractivity contribution >= 4 is 221 Å². The maximum atomic E-state index is 2.99. The van der Waals surface area contributed by atoms with Gasteiger partial charge in [-0.1, -0.05) is 146 Å². The Bertz CT molecular complexity index is 1990. The maximum Gasteiger partial charge on any atom is 0.144 e. The Labute approximate surface area is 500 Å². The van der Waals surface area contributed by atoms with Crippen molar-refractivity contribution in [3.63, 3.8) is 0 Å². The zero-order valence-electron chi connectivity index (χ0n) is 33.7. The average Bonchev–Trinajstić information content (AvgIpc) is 3.36. The molecule has 1 aliphatic rings. The van der Waals surface area contributed by atoms with Crippen LogP contribution < -0.4 is 90.4 Å². The first-order valence-corrected chi connectivity index (χ1v) is 88.4. The summed E-state index contributed by atoms with van der Waals surface area (Å²) in [6.07, 6.45) is 0. The standard InChI is InChI=1S/2C24H20P.As6I6.2HI/c2*1-5-13-21(14-6-1)25(22-15-7-2-8-16-22,23-17-9-3-10-18-23)24-19-11-4-12-20-24;7-1-2(8)4(10)6(12)5(11)3(1)9;;/h2*1-20H;;2*1H/q2*+1;;;/p-2. The van der Waals surface area contributed by atoms with Crippen molar-refractivity contribution in [3.05, 3.63) is 243 Å². The molecule has 0 nitrogen and oxygen atoms in total. The minimum atomic E-state index is -1.91. The number of halogens is 8. The number of hydrogen-bond acceptors (Lipinski definition) is 0. The third-order valence-corrected chi connectivity index (χ3v) is 783. The summed E-state index contributed by atoms with van der Waals surface area (Å²) < 4.78 is 0. The van der Waals surface area contributed by atoms with E-state index in [2.05, 4.69) is 363 Å². The fourth-order valence-electron chi connectivity index (χ4n) is 7.37. The SMILES string of the molecule is I[As]1[As](I)[As](I)[As](I)[As](I)[As]1I.[I-].[I-].c1ccc([P+](c2ccccc2)(c2ccccc2)c2ccccc2)cc1.c1ccc([P+](c2ccccc2)(c2ccccc2)c2ccccc2)cc1. The molecule has 1 aliphatic heterocycles. The quantitative estimate of drug-likeness (QED) is 0.105. The van der Waals surface area contributed by atoms with Crippen LogP contribution in [0.25, 0.3) is 0 Å². The van der Waals surface area contributed by atoms with Crippen molar-refractivity contribution in [2.24, 2.45) is 0 Å². The number of rotatable bonds is 8. The van der Waals surface area contributed by atoms with Crippen molar-refractivity contribution in [1.82, 2.24) is 0 Å². The van der Waals surface area contributed by atoms with Crippen LogP contribution in [0.3, 0.4) is 0 Å². The summed E-state index contributed by atoms with van der Waals surface area (Å²) in [6.45, 7) is 0. The normalized spacial score (nSPS) is 19.2. The predicted octanol–water partition coefficient (Wildman–Crippen LogP) is 5.65. The van der Waals surface area contributed by atoms with E-state index < -0.39 is 14.5 Å². The zero-order valence-corrected chi connectivity index (χ0v) is 64.0. The van der Waals surface area contributed by atoms with Crippen LogP contribution in [-0.4, -0.2) is 43.0 Å². The molecule has 0 radical (unpaired) electrons. The van der Waals surface area contributed by atoms with Crippen LogP contribution in [0.5, 0.6) is 0 Å². The Morgan fingerprint density at radius 1 is 0.188 bits per heavy atom. The van der Waals surface area contributed by atoms with Crippen molar-refractivity contribution in [2.45, 2.75) is 0 Å². The molecule has 1 saturated heterocycles. The molecule has 0 aromatic heterocycles. The minimum absolute atomic E-state index is 0. The van der Waals surface area contributed by atoms with Crippen molar-refractivity contribution in [1.29, 1.82) is 0 Å². The van der Waals surface area contributed by atoms with Crippen LogP contribution in [-0.2, 0) is 0 Å². The van der Waals surface area contributed by atoms with E-state index in [1.54, 1.807) is 0 Å². The topological polar surface area (TPSA) is 0 Å². The molecule has 8 aromatic carbocycles. The molecular formula is C48H40As6I8P2. The molecule has 9 rings (SSSR count). The molecule has 0 bridgehead atoms. The Hall–Kier alpha value is 3.81. The van der Waals surface area contributed by atoms with E-state index in [9.17, 15) is 0 Å². The number of hydrogen-bond donors (Lipinski definition) is 0. The van der Waals surface area contributed by atoms with Gasteiger partial charge in [-0.2, -0.15) is 0 Å². The van der Waals surface area contributed by atoms with E-state index >= 15 is 0 Å². The molecule has 0 N–H and O–H groups in total. The van der Waals surface area contributed by atoms with Gasteiger partial charge in [0.2, 0.25) is 0 Å². The number of benzene rings is 8. The van der Waals surface area contributed by atoms with E-state index in [0.717, 1.165) is 0 Å². The Kier molecular flexibility index (Phi) is 27.7.